The summed E-state index contributed by atoms with van der Waals surface area (Å²) >= 11 is 1.12. The number of nitrogens with one attached hydrogen (secondary N) is 2. The molecule has 0 unspecified atom stereocenters. The summed E-state index contributed by atoms with van der Waals surface area (Å²) in [6.07, 6.45) is 2.00. The van der Waals surface area contributed by atoms with Gasteiger partial charge in [0.25, 0.3) is 17.0 Å². The summed E-state index contributed by atoms with van der Waals surface area (Å²) in [6, 6.07) is 14.8. The van der Waals surface area contributed by atoms with Crippen molar-refractivity contribution in [2.24, 2.45) is 0 Å². The van der Waals surface area contributed by atoms with E-state index in [0.29, 0.717) is 17.1 Å². The van der Waals surface area contributed by atoms with Gasteiger partial charge in [-0.3, -0.25) is 9.59 Å². The Kier molecular flexibility index (Phi) is 6.51. The Morgan fingerprint density at radius 2 is 2.00 bits per heavy atom. The fraction of sp³-hybridized carbons (Fsp3) is 0.273. The lowest BCUT2D eigenvalue weighted by molar-refractivity contribution is -0.113. The summed E-state index contributed by atoms with van der Waals surface area (Å²) in [7, 11) is 0. The zero-order valence-corrected chi connectivity index (χ0v) is 17.8. The summed E-state index contributed by atoms with van der Waals surface area (Å²) < 4.78 is 11.2. The predicted octanol–water partition coefficient (Wildman–Crippen LogP) is 3.58. The van der Waals surface area contributed by atoms with Gasteiger partial charge in [-0.05, 0) is 49.6 Å². The van der Waals surface area contributed by atoms with Gasteiger partial charge in [0.1, 0.15) is 5.75 Å². The number of amides is 2. The van der Waals surface area contributed by atoms with Crippen LogP contribution in [0.15, 0.2) is 58.2 Å². The highest BCUT2D eigenvalue weighted by atomic mass is 32.2. The van der Waals surface area contributed by atoms with Crippen LogP contribution in [0.3, 0.4) is 0 Å². The molecule has 0 aliphatic heterocycles. The molecule has 31 heavy (non-hydrogen) atoms. The number of anilines is 1. The monoisotopic (exact) mass is 438 g/mol. The third-order valence-corrected chi connectivity index (χ3v) is 5.30. The number of aryl methyl sites for hydroxylation is 1. The third kappa shape index (κ3) is 6.08. The summed E-state index contributed by atoms with van der Waals surface area (Å²) in [6.45, 7) is 2.13. The molecule has 1 aliphatic rings. The second-order valence-electron chi connectivity index (χ2n) is 7.20. The molecular weight excluding hydrogens is 416 g/mol. The second-order valence-corrected chi connectivity index (χ2v) is 8.12. The van der Waals surface area contributed by atoms with Crippen LogP contribution in [0.2, 0.25) is 0 Å². The number of thioether (sulfide) groups is 1. The maximum atomic E-state index is 12.4. The Balaban J connectivity index is 1.27. The number of hydrogen-bond donors (Lipinski definition) is 2. The van der Waals surface area contributed by atoms with Gasteiger partial charge in [-0.25, -0.2) is 0 Å². The molecule has 2 N–H and O–H groups in total. The average molecular weight is 439 g/mol. The van der Waals surface area contributed by atoms with E-state index in [-0.39, 0.29) is 35.4 Å². The van der Waals surface area contributed by atoms with E-state index in [9.17, 15) is 9.59 Å². The van der Waals surface area contributed by atoms with Gasteiger partial charge < -0.3 is 19.8 Å². The largest absolute Gasteiger partial charge is 0.484 e. The number of nitrogens with zero attached hydrogens (tertiary/aromatic N) is 2. The summed E-state index contributed by atoms with van der Waals surface area (Å²) in [5.74, 6) is 0.662. The van der Waals surface area contributed by atoms with Gasteiger partial charge >= 0.3 is 0 Å². The molecule has 2 amide bonds. The van der Waals surface area contributed by atoms with Crippen LogP contribution < -0.4 is 15.4 Å². The molecular formula is C22H22N4O4S. The molecule has 9 heteroatoms. The molecule has 0 bridgehead atoms. The quantitative estimate of drug-likeness (QED) is 0.492. The van der Waals surface area contributed by atoms with E-state index in [1.54, 1.807) is 24.3 Å². The Labute approximate surface area is 183 Å². The molecule has 1 fully saturated rings. The average Bonchev–Trinajstić information content (AvgIpc) is 3.45. The molecule has 2 aromatic carbocycles. The van der Waals surface area contributed by atoms with Gasteiger partial charge in [0, 0.05) is 6.04 Å². The second kappa shape index (κ2) is 9.65. The maximum absolute atomic E-state index is 12.4. The van der Waals surface area contributed by atoms with Crippen molar-refractivity contribution < 1.29 is 18.7 Å². The van der Waals surface area contributed by atoms with Crippen LogP contribution in [0.1, 0.15) is 34.7 Å². The molecule has 1 aromatic heterocycles. The van der Waals surface area contributed by atoms with E-state index in [2.05, 4.69) is 20.8 Å². The molecule has 8 nitrogen and oxygen atoms in total. The summed E-state index contributed by atoms with van der Waals surface area (Å²) in [4.78, 5) is 24.7. The molecule has 1 heterocycles. The van der Waals surface area contributed by atoms with Crippen LogP contribution >= 0.6 is 11.8 Å². The number of ether oxygens (including phenoxy) is 1. The zero-order valence-electron chi connectivity index (χ0n) is 17.0. The lowest BCUT2D eigenvalue weighted by atomic mass is 10.1. The van der Waals surface area contributed by atoms with Gasteiger partial charge in [-0.2, -0.15) is 0 Å². The first kappa shape index (κ1) is 20.9. The van der Waals surface area contributed by atoms with Crippen LogP contribution in [0, 0.1) is 6.92 Å². The van der Waals surface area contributed by atoms with E-state index < -0.39 is 0 Å². The number of rotatable bonds is 9. The minimum Gasteiger partial charge on any atom is -0.484 e. The minimum absolute atomic E-state index is 0.0684. The lowest BCUT2D eigenvalue weighted by Gasteiger charge is -2.10. The number of carbonyl (C=O) groups excluding carboxylic acids is 2. The molecule has 0 spiro atoms. The van der Waals surface area contributed by atoms with Crippen molar-refractivity contribution in [3.8, 4) is 5.75 Å². The van der Waals surface area contributed by atoms with E-state index in [1.165, 1.54) is 0 Å². The van der Waals surface area contributed by atoms with Crippen LogP contribution in [-0.4, -0.2) is 33.8 Å². The van der Waals surface area contributed by atoms with Gasteiger partial charge in [0.15, 0.2) is 6.61 Å². The van der Waals surface area contributed by atoms with E-state index in [4.69, 9.17) is 9.15 Å². The van der Waals surface area contributed by atoms with Crippen molar-refractivity contribution in [3.05, 3.63) is 65.5 Å². The molecule has 0 radical (unpaired) electrons. The van der Waals surface area contributed by atoms with Gasteiger partial charge in [-0.1, -0.05) is 36.0 Å². The lowest BCUT2D eigenvalue weighted by Crippen LogP contribution is -2.27. The van der Waals surface area contributed by atoms with Crippen LogP contribution in [-0.2, 0) is 11.4 Å². The van der Waals surface area contributed by atoms with Crippen molar-refractivity contribution in [1.82, 2.24) is 15.5 Å². The number of aromatic nitrogens is 2. The molecule has 0 atom stereocenters. The Hall–Kier alpha value is -3.33. The van der Waals surface area contributed by atoms with E-state index in [1.807, 2.05) is 31.2 Å². The highest BCUT2D eigenvalue weighted by molar-refractivity contribution is 7.99. The van der Waals surface area contributed by atoms with Crippen LogP contribution in [0.5, 0.6) is 5.75 Å². The minimum atomic E-state index is -0.271. The molecule has 0 saturated heterocycles. The molecule has 1 saturated carbocycles. The van der Waals surface area contributed by atoms with Crippen LogP contribution in [0.4, 0.5) is 5.69 Å². The Morgan fingerprint density at radius 3 is 2.81 bits per heavy atom. The maximum Gasteiger partial charge on any atom is 0.277 e. The summed E-state index contributed by atoms with van der Waals surface area (Å²) in [5.41, 5.74) is 2.02. The Morgan fingerprint density at radius 1 is 1.16 bits per heavy atom. The van der Waals surface area contributed by atoms with Gasteiger partial charge in [0.05, 0.1) is 17.0 Å². The normalized spacial score (nSPS) is 12.9. The summed E-state index contributed by atoms with van der Waals surface area (Å²) in [5, 5.41) is 13.9. The third-order valence-electron chi connectivity index (χ3n) is 4.49. The fourth-order valence-electron chi connectivity index (χ4n) is 2.80. The Bertz CT molecular complexity index is 1080. The molecule has 1 aliphatic carbocycles. The fourth-order valence-corrected chi connectivity index (χ4v) is 3.38. The first-order valence-electron chi connectivity index (χ1n) is 9.91. The van der Waals surface area contributed by atoms with Crippen LogP contribution in [0.25, 0.3) is 0 Å². The van der Waals surface area contributed by atoms with Gasteiger partial charge in [0.2, 0.25) is 5.91 Å². The van der Waals surface area contributed by atoms with Crippen molar-refractivity contribution in [2.75, 3.05) is 11.1 Å². The van der Waals surface area contributed by atoms with Crippen molar-refractivity contribution in [2.45, 2.75) is 37.6 Å². The molecule has 3 aromatic rings. The zero-order chi connectivity index (χ0) is 21.6. The smallest absolute Gasteiger partial charge is 0.277 e. The van der Waals surface area contributed by atoms with Gasteiger partial charge in [-0.15, -0.1) is 10.2 Å². The first-order chi connectivity index (χ1) is 15.1. The highest BCUT2D eigenvalue weighted by Gasteiger charge is 2.25. The molecule has 4 rings (SSSR count). The highest BCUT2D eigenvalue weighted by Crippen LogP contribution is 2.22. The topological polar surface area (TPSA) is 106 Å². The number of carbonyl (C=O) groups is 2. The molecule has 160 valence electrons. The SMILES string of the molecule is Cc1cccc(OCc2nnc(SCC(=O)Nc3ccccc3C(=O)NC3CC3)o2)c1. The first-order valence-corrected chi connectivity index (χ1v) is 10.9. The number of hydrogen-bond acceptors (Lipinski definition) is 7. The van der Waals surface area contributed by atoms with Crippen molar-refractivity contribution >= 4 is 29.3 Å². The van der Waals surface area contributed by atoms with E-state index >= 15 is 0 Å². The number of benzene rings is 2. The van der Waals surface area contributed by atoms with E-state index in [0.717, 1.165) is 35.9 Å². The van der Waals surface area contributed by atoms with Crippen molar-refractivity contribution in [3.63, 3.8) is 0 Å². The standard InChI is InChI=1S/C22H22N4O4S/c1-14-5-4-6-16(11-14)29-12-20-25-26-22(30-20)31-13-19(27)24-18-8-3-2-7-17(18)21(28)23-15-9-10-15/h2-8,11,15H,9-10,12-13H2,1H3,(H,23,28)(H,24,27). The predicted molar refractivity (Wildman–Crippen MR) is 116 cm³/mol. The van der Waals surface area contributed by atoms with Crippen molar-refractivity contribution in [1.29, 1.82) is 0 Å². The number of para-hydroxylation sites is 1.